The van der Waals surface area contributed by atoms with Gasteiger partial charge in [-0.3, -0.25) is 4.79 Å². The third-order valence-electron chi connectivity index (χ3n) is 4.50. The smallest absolute Gasteiger partial charge is 0.323 e. The fourth-order valence-corrected chi connectivity index (χ4v) is 3.35. The minimum absolute atomic E-state index is 0.0731. The highest BCUT2D eigenvalue weighted by Crippen LogP contribution is 2.23. The van der Waals surface area contributed by atoms with Crippen LogP contribution < -0.4 is 11.0 Å². The van der Waals surface area contributed by atoms with Crippen LogP contribution in [0.5, 0.6) is 0 Å². The average Bonchev–Trinajstić information content (AvgIpc) is 3.16. The summed E-state index contributed by atoms with van der Waals surface area (Å²) in [5.41, 5.74) is 3.99. The van der Waals surface area contributed by atoms with Crippen molar-refractivity contribution in [3.05, 3.63) is 69.2 Å². The zero-order valence-electron chi connectivity index (χ0n) is 14.0. The summed E-state index contributed by atoms with van der Waals surface area (Å²) in [6.07, 6.45) is 2.11. The number of carbonyl (C=O) groups excluding carboxylic acids is 1. The van der Waals surface area contributed by atoms with Crippen LogP contribution in [0.1, 0.15) is 24.1 Å². The van der Waals surface area contributed by atoms with Crippen LogP contribution >= 0.6 is 11.6 Å². The van der Waals surface area contributed by atoms with E-state index >= 15 is 0 Å². The van der Waals surface area contributed by atoms with Crippen molar-refractivity contribution in [2.75, 3.05) is 0 Å². The Labute approximate surface area is 153 Å². The SMILES string of the molecule is CC(NC(=O)Cc1c[nH]c2cc(Cl)ccc12)c1ccc2[nH]c(=O)[nH]c2c1. The van der Waals surface area contributed by atoms with Gasteiger partial charge in [0.05, 0.1) is 23.5 Å². The van der Waals surface area contributed by atoms with Gasteiger partial charge >= 0.3 is 5.69 Å². The highest BCUT2D eigenvalue weighted by Gasteiger charge is 2.13. The molecule has 2 heterocycles. The van der Waals surface area contributed by atoms with Crippen molar-refractivity contribution in [1.82, 2.24) is 20.3 Å². The summed E-state index contributed by atoms with van der Waals surface area (Å²) >= 11 is 5.99. The molecule has 0 aliphatic rings. The summed E-state index contributed by atoms with van der Waals surface area (Å²) in [5.74, 6) is -0.0731. The van der Waals surface area contributed by atoms with E-state index in [9.17, 15) is 9.59 Å². The van der Waals surface area contributed by atoms with Crippen LogP contribution in [0.15, 0.2) is 47.4 Å². The van der Waals surface area contributed by atoms with Crippen molar-refractivity contribution in [2.45, 2.75) is 19.4 Å². The van der Waals surface area contributed by atoms with Crippen LogP contribution in [0.2, 0.25) is 5.02 Å². The number of aromatic amines is 3. The van der Waals surface area contributed by atoms with Crippen LogP contribution in [0.25, 0.3) is 21.9 Å². The Morgan fingerprint density at radius 3 is 2.77 bits per heavy atom. The number of aromatic nitrogens is 3. The molecule has 132 valence electrons. The number of nitrogens with one attached hydrogen (secondary N) is 4. The van der Waals surface area contributed by atoms with Crippen molar-refractivity contribution in [3.8, 4) is 0 Å². The molecule has 0 saturated carbocycles. The predicted molar refractivity (Wildman–Crippen MR) is 102 cm³/mol. The van der Waals surface area contributed by atoms with Gasteiger partial charge in [-0.1, -0.05) is 23.7 Å². The summed E-state index contributed by atoms with van der Waals surface area (Å²) in [5, 5.41) is 4.65. The van der Waals surface area contributed by atoms with E-state index < -0.39 is 0 Å². The number of amides is 1. The summed E-state index contributed by atoms with van der Waals surface area (Å²) in [6.45, 7) is 1.92. The van der Waals surface area contributed by atoms with Crippen LogP contribution in [-0.4, -0.2) is 20.9 Å². The van der Waals surface area contributed by atoms with E-state index in [0.717, 1.165) is 33.1 Å². The normalized spacial score (nSPS) is 12.5. The molecule has 4 rings (SSSR count). The molecule has 0 aliphatic carbocycles. The zero-order valence-corrected chi connectivity index (χ0v) is 14.8. The Bertz CT molecular complexity index is 1170. The lowest BCUT2D eigenvalue weighted by Gasteiger charge is -2.14. The number of hydrogen-bond acceptors (Lipinski definition) is 2. The summed E-state index contributed by atoms with van der Waals surface area (Å²) in [7, 11) is 0. The fourth-order valence-electron chi connectivity index (χ4n) is 3.17. The van der Waals surface area contributed by atoms with Gasteiger partial charge in [-0.2, -0.15) is 0 Å². The van der Waals surface area contributed by atoms with E-state index in [-0.39, 0.29) is 24.1 Å². The standard InChI is InChI=1S/C19H17ClN4O2/c1-10(11-2-5-15-17(6-11)24-19(26)23-15)22-18(25)7-12-9-21-16-8-13(20)3-4-14(12)16/h2-6,8-10,21H,7H2,1H3,(H,22,25)(H2,23,24,26). The predicted octanol–water partition coefficient (Wildman–Crippen LogP) is 3.41. The first kappa shape index (κ1) is 16.5. The molecular formula is C19H17ClN4O2. The van der Waals surface area contributed by atoms with Crippen molar-refractivity contribution < 1.29 is 4.79 Å². The van der Waals surface area contributed by atoms with Crippen LogP contribution in [0, 0.1) is 0 Å². The molecule has 2 aromatic carbocycles. The molecule has 0 saturated heterocycles. The van der Waals surface area contributed by atoms with Crippen molar-refractivity contribution in [3.63, 3.8) is 0 Å². The van der Waals surface area contributed by atoms with Crippen molar-refractivity contribution in [2.24, 2.45) is 0 Å². The van der Waals surface area contributed by atoms with E-state index in [1.165, 1.54) is 0 Å². The third kappa shape index (κ3) is 3.11. The van der Waals surface area contributed by atoms with Gasteiger partial charge in [0.1, 0.15) is 0 Å². The van der Waals surface area contributed by atoms with E-state index in [0.29, 0.717) is 5.02 Å². The highest BCUT2D eigenvalue weighted by molar-refractivity contribution is 6.31. The number of imidazole rings is 1. The first-order chi connectivity index (χ1) is 12.5. The van der Waals surface area contributed by atoms with E-state index in [4.69, 9.17) is 11.6 Å². The summed E-state index contributed by atoms with van der Waals surface area (Å²) in [4.78, 5) is 32.4. The first-order valence-corrected chi connectivity index (χ1v) is 8.64. The molecule has 2 aromatic heterocycles. The Balaban J connectivity index is 1.50. The molecule has 0 bridgehead atoms. The Morgan fingerprint density at radius 2 is 1.92 bits per heavy atom. The van der Waals surface area contributed by atoms with E-state index in [2.05, 4.69) is 20.3 Å². The van der Waals surface area contributed by atoms with Crippen LogP contribution in [-0.2, 0) is 11.2 Å². The molecule has 0 aliphatic heterocycles. The number of rotatable bonds is 4. The number of benzene rings is 2. The van der Waals surface area contributed by atoms with Gasteiger partial charge in [0.15, 0.2) is 0 Å². The maximum atomic E-state index is 12.5. The second-order valence-corrected chi connectivity index (χ2v) is 6.79. The van der Waals surface area contributed by atoms with Gasteiger partial charge in [0.25, 0.3) is 0 Å². The molecule has 26 heavy (non-hydrogen) atoms. The summed E-state index contributed by atoms with van der Waals surface area (Å²) in [6, 6.07) is 11.0. The van der Waals surface area contributed by atoms with E-state index in [1.54, 1.807) is 0 Å². The fraction of sp³-hybridized carbons (Fsp3) is 0.158. The molecule has 1 atom stereocenters. The molecule has 4 aromatic rings. The van der Waals surface area contributed by atoms with Crippen molar-refractivity contribution >= 4 is 39.4 Å². The maximum Gasteiger partial charge on any atom is 0.323 e. The van der Waals surface area contributed by atoms with Gasteiger partial charge < -0.3 is 20.3 Å². The number of carbonyl (C=O) groups is 1. The molecule has 6 nitrogen and oxygen atoms in total. The number of halogens is 1. The lowest BCUT2D eigenvalue weighted by Crippen LogP contribution is -2.28. The minimum atomic E-state index is -0.242. The second kappa shape index (κ2) is 6.38. The third-order valence-corrected chi connectivity index (χ3v) is 4.73. The van der Waals surface area contributed by atoms with Crippen LogP contribution in [0.4, 0.5) is 0 Å². The molecular weight excluding hydrogens is 352 g/mol. The Hall–Kier alpha value is -2.99. The zero-order chi connectivity index (χ0) is 18.3. The molecule has 4 N–H and O–H groups in total. The molecule has 0 fully saturated rings. The first-order valence-electron chi connectivity index (χ1n) is 8.26. The van der Waals surface area contributed by atoms with Crippen molar-refractivity contribution in [1.29, 1.82) is 0 Å². The molecule has 1 unspecified atom stereocenters. The average molecular weight is 369 g/mol. The van der Waals surface area contributed by atoms with Gasteiger partial charge in [0, 0.05) is 22.1 Å². The second-order valence-electron chi connectivity index (χ2n) is 6.35. The highest BCUT2D eigenvalue weighted by atomic mass is 35.5. The van der Waals surface area contributed by atoms with Gasteiger partial charge in [-0.05, 0) is 42.3 Å². The molecule has 7 heteroatoms. The number of fused-ring (bicyclic) bond motifs is 2. The Morgan fingerprint density at radius 1 is 1.12 bits per heavy atom. The van der Waals surface area contributed by atoms with Gasteiger partial charge in [0.2, 0.25) is 5.91 Å². The number of hydrogen-bond donors (Lipinski definition) is 4. The lowest BCUT2D eigenvalue weighted by molar-refractivity contribution is -0.121. The molecule has 0 spiro atoms. The molecule has 0 radical (unpaired) electrons. The minimum Gasteiger partial charge on any atom is -0.361 e. The lowest BCUT2D eigenvalue weighted by atomic mass is 10.1. The maximum absolute atomic E-state index is 12.5. The molecule has 1 amide bonds. The number of H-pyrrole nitrogens is 3. The van der Waals surface area contributed by atoms with Gasteiger partial charge in [-0.15, -0.1) is 0 Å². The topological polar surface area (TPSA) is 93.5 Å². The van der Waals surface area contributed by atoms with Gasteiger partial charge in [-0.25, -0.2) is 4.79 Å². The van der Waals surface area contributed by atoms with E-state index in [1.807, 2.05) is 49.5 Å². The Kier molecular flexibility index (Phi) is 4.05. The largest absolute Gasteiger partial charge is 0.361 e. The quantitative estimate of drug-likeness (QED) is 0.444. The monoisotopic (exact) mass is 368 g/mol. The van der Waals surface area contributed by atoms with Crippen LogP contribution in [0.3, 0.4) is 0 Å². The summed E-state index contributed by atoms with van der Waals surface area (Å²) < 4.78 is 0.